The summed E-state index contributed by atoms with van der Waals surface area (Å²) in [5.74, 6) is 0. The Morgan fingerprint density at radius 2 is 1.93 bits per heavy atom. The number of pyridine rings is 1. The highest BCUT2D eigenvalue weighted by atomic mass is 16.5. The van der Waals surface area contributed by atoms with Gasteiger partial charge in [-0.15, -0.1) is 0 Å². The van der Waals surface area contributed by atoms with Crippen molar-refractivity contribution in [3.8, 4) is 0 Å². The minimum Gasteiger partial charge on any atom is -0.618 e. The number of hydrogen-bond acceptors (Lipinski definition) is 1. The van der Waals surface area contributed by atoms with E-state index < -0.39 is 0 Å². The van der Waals surface area contributed by atoms with E-state index in [1.54, 1.807) is 0 Å². The minimum atomic E-state index is 0.0980. The van der Waals surface area contributed by atoms with Crippen LogP contribution in [0.2, 0.25) is 0 Å². The SMILES string of the molecule is C/C(=C\C(C)(C)C)c1cccc(C)[n+]1[O-]. The van der Waals surface area contributed by atoms with Crippen molar-refractivity contribution >= 4 is 5.57 Å². The average molecular weight is 205 g/mol. The second-order valence-corrected chi connectivity index (χ2v) is 5.04. The number of aromatic nitrogens is 1. The lowest BCUT2D eigenvalue weighted by atomic mass is 9.93. The van der Waals surface area contributed by atoms with E-state index in [0.29, 0.717) is 0 Å². The molecule has 0 aliphatic carbocycles. The quantitative estimate of drug-likeness (QED) is 0.511. The standard InChI is InChI=1S/C13H19NO/c1-10(9-13(3,4)5)12-8-6-7-11(2)14(12)15/h6-9H,1-5H3/b10-9+. The van der Waals surface area contributed by atoms with E-state index >= 15 is 0 Å². The summed E-state index contributed by atoms with van der Waals surface area (Å²) in [6, 6.07) is 5.59. The first-order chi connectivity index (χ1) is 6.81. The van der Waals surface area contributed by atoms with Gasteiger partial charge in [0.05, 0.1) is 0 Å². The van der Waals surface area contributed by atoms with Crippen LogP contribution >= 0.6 is 0 Å². The molecular weight excluding hydrogens is 186 g/mol. The van der Waals surface area contributed by atoms with Crippen molar-refractivity contribution in [1.82, 2.24) is 0 Å². The maximum Gasteiger partial charge on any atom is 0.219 e. The molecule has 0 spiro atoms. The van der Waals surface area contributed by atoms with Crippen LogP contribution in [0.15, 0.2) is 24.3 Å². The molecule has 0 saturated carbocycles. The molecule has 0 fully saturated rings. The Labute approximate surface area is 91.8 Å². The van der Waals surface area contributed by atoms with Crippen LogP contribution in [0.5, 0.6) is 0 Å². The number of rotatable bonds is 1. The molecule has 0 atom stereocenters. The van der Waals surface area contributed by atoms with E-state index in [4.69, 9.17) is 0 Å². The second kappa shape index (κ2) is 4.05. The average Bonchev–Trinajstić information content (AvgIpc) is 2.06. The zero-order chi connectivity index (χ0) is 11.6. The van der Waals surface area contributed by atoms with Crippen molar-refractivity contribution in [2.45, 2.75) is 34.6 Å². The van der Waals surface area contributed by atoms with Crippen LogP contribution < -0.4 is 4.73 Å². The van der Waals surface area contributed by atoms with Crippen molar-refractivity contribution in [3.63, 3.8) is 0 Å². The monoisotopic (exact) mass is 205 g/mol. The van der Waals surface area contributed by atoms with Crippen molar-refractivity contribution in [2.24, 2.45) is 5.41 Å². The summed E-state index contributed by atoms with van der Waals surface area (Å²) in [4.78, 5) is 0. The van der Waals surface area contributed by atoms with Crippen LogP contribution in [0, 0.1) is 17.5 Å². The zero-order valence-corrected chi connectivity index (χ0v) is 10.2. The van der Waals surface area contributed by atoms with E-state index in [1.807, 2.05) is 32.0 Å². The molecule has 0 amide bonds. The van der Waals surface area contributed by atoms with Crippen molar-refractivity contribution in [3.05, 3.63) is 40.9 Å². The molecule has 2 nitrogen and oxygen atoms in total. The molecular formula is C13H19NO. The smallest absolute Gasteiger partial charge is 0.219 e. The highest BCUT2D eigenvalue weighted by molar-refractivity contribution is 5.59. The fourth-order valence-corrected chi connectivity index (χ4v) is 1.62. The molecule has 2 heteroatoms. The predicted octanol–water partition coefficient (Wildman–Crippen LogP) is 3.08. The summed E-state index contributed by atoms with van der Waals surface area (Å²) in [6.07, 6.45) is 2.12. The van der Waals surface area contributed by atoms with E-state index in [-0.39, 0.29) is 5.41 Å². The van der Waals surface area contributed by atoms with Gasteiger partial charge in [-0.1, -0.05) is 26.8 Å². The summed E-state index contributed by atoms with van der Waals surface area (Å²) in [7, 11) is 0. The van der Waals surface area contributed by atoms with Gasteiger partial charge >= 0.3 is 0 Å². The number of hydrogen-bond donors (Lipinski definition) is 0. The first-order valence-electron chi connectivity index (χ1n) is 5.20. The molecule has 1 heterocycles. The maximum atomic E-state index is 11.8. The molecule has 1 rings (SSSR count). The molecule has 0 N–H and O–H groups in total. The Kier molecular flexibility index (Phi) is 3.18. The van der Waals surface area contributed by atoms with Crippen molar-refractivity contribution in [2.75, 3.05) is 0 Å². The topological polar surface area (TPSA) is 26.9 Å². The largest absolute Gasteiger partial charge is 0.618 e. The molecule has 0 aromatic carbocycles. The minimum absolute atomic E-state index is 0.0980. The Bertz CT molecular complexity index is 386. The number of nitrogens with zero attached hydrogens (tertiary/aromatic N) is 1. The third-order valence-electron chi connectivity index (χ3n) is 2.18. The normalized spacial score (nSPS) is 13.0. The molecule has 1 aromatic heterocycles. The van der Waals surface area contributed by atoms with E-state index in [0.717, 1.165) is 21.7 Å². The maximum absolute atomic E-state index is 11.8. The molecule has 0 aliphatic rings. The molecule has 0 aliphatic heterocycles. The lowest BCUT2D eigenvalue weighted by Gasteiger charge is -2.14. The highest BCUT2D eigenvalue weighted by Gasteiger charge is 2.13. The molecule has 0 bridgehead atoms. The van der Waals surface area contributed by atoms with Gasteiger partial charge in [-0.25, -0.2) is 0 Å². The Balaban J connectivity index is 3.18. The molecule has 0 radical (unpaired) electrons. The van der Waals surface area contributed by atoms with Crippen LogP contribution in [-0.2, 0) is 0 Å². The van der Waals surface area contributed by atoms with Gasteiger partial charge in [0.1, 0.15) is 0 Å². The van der Waals surface area contributed by atoms with Crippen LogP contribution in [0.25, 0.3) is 5.57 Å². The van der Waals surface area contributed by atoms with Crippen LogP contribution in [-0.4, -0.2) is 0 Å². The van der Waals surface area contributed by atoms with Crippen LogP contribution in [0.4, 0.5) is 0 Å². The molecule has 0 saturated heterocycles. The third kappa shape index (κ3) is 3.08. The number of allylic oxidation sites excluding steroid dienone is 2. The van der Waals surface area contributed by atoms with E-state index in [9.17, 15) is 5.21 Å². The van der Waals surface area contributed by atoms with Gasteiger partial charge in [0.2, 0.25) is 5.69 Å². The molecule has 0 unspecified atom stereocenters. The summed E-state index contributed by atoms with van der Waals surface area (Å²) in [5, 5.41) is 11.8. The van der Waals surface area contributed by atoms with Crippen LogP contribution in [0.3, 0.4) is 0 Å². The summed E-state index contributed by atoms with van der Waals surface area (Å²) >= 11 is 0. The fourth-order valence-electron chi connectivity index (χ4n) is 1.62. The summed E-state index contributed by atoms with van der Waals surface area (Å²) in [5.41, 5.74) is 2.60. The Morgan fingerprint density at radius 1 is 1.33 bits per heavy atom. The van der Waals surface area contributed by atoms with Gasteiger partial charge in [-0.3, -0.25) is 0 Å². The number of aryl methyl sites for hydroxylation is 1. The predicted molar refractivity (Wildman–Crippen MR) is 63.2 cm³/mol. The second-order valence-electron chi connectivity index (χ2n) is 5.04. The Morgan fingerprint density at radius 3 is 2.47 bits per heavy atom. The van der Waals surface area contributed by atoms with Gasteiger partial charge in [0, 0.05) is 24.6 Å². The first-order valence-corrected chi connectivity index (χ1v) is 5.20. The van der Waals surface area contributed by atoms with Gasteiger partial charge in [0.25, 0.3) is 0 Å². The molecule has 1 aromatic rings. The van der Waals surface area contributed by atoms with Gasteiger partial charge in [-0.2, -0.15) is 4.73 Å². The fraction of sp³-hybridized carbons (Fsp3) is 0.462. The lowest BCUT2D eigenvalue weighted by molar-refractivity contribution is -0.614. The molecule has 15 heavy (non-hydrogen) atoms. The van der Waals surface area contributed by atoms with E-state index in [1.165, 1.54) is 0 Å². The van der Waals surface area contributed by atoms with Crippen LogP contribution in [0.1, 0.15) is 39.1 Å². The lowest BCUT2D eigenvalue weighted by Crippen LogP contribution is -2.34. The van der Waals surface area contributed by atoms with E-state index in [2.05, 4.69) is 26.8 Å². The summed E-state index contributed by atoms with van der Waals surface area (Å²) < 4.78 is 0.984. The Hall–Kier alpha value is -1.31. The molecule has 82 valence electrons. The van der Waals surface area contributed by atoms with Gasteiger partial charge in [0.15, 0.2) is 5.69 Å². The van der Waals surface area contributed by atoms with Crippen molar-refractivity contribution in [1.29, 1.82) is 0 Å². The zero-order valence-electron chi connectivity index (χ0n) is 10.2. The highest BCUT2D eigenvalue weighted by Crippen LogP contribution is 2.21. The van der Waals surface area contributed by atoms with Crippen molar-refractivity contribution < 1.29 is 4.73 Å². The summed E-state index contributed by atoms with van der Waals surface area (Å²) in [6.45, 7) is 10.2. The first kappa shape index (κ1) is 11.8. The van der Waals surface area contributed by atoms with Gasteiger partial charge in [-0.05, 0) is 18.4 Å². The van der Waals surface area contributed by atoms with Gasteiger partial charge < -0.3 is 5.21 Å². The third-order valence-corrected chi connectivity index (χ3v) is 2.18.